The highest BCUT2D eigenvalue weighted by atomic mass is 16.1. The molecule has 0 amide bonds. The zero-order valence-corrected chi connectivity index (χ0v) is 20.3. The topological polar surface area (TPSA) is 53.7 Å². The van der Waals surface area contributed by atoms with Gasteiger partial charge in [0.1, 0.15) is 0 Å². The summed E-state index contributed by atoms with van der Waals surface area (Å²) >= 11 is 0. The number of carbonyl (C=O) groups is 1. The summed E-state index contributed by atoms with van der Waals surface area (Å²) in [5.41, 5.74) is 7.77. The molecule has 1 aromatic carbocycles. The molecule has 1 aliphatic carbocycles. The molecule has 0 spiro atoms. The van der Waals surface area contributed by atoms with Crippen molar-refractivity contribution in [3.8, 4) is 0 Å². The number of aryl methyl sites for hydroxylation is 2. The molecule has 2 aliphatic rings. The number of hydrogen-bond acceptors (Lipinski definition) is 5. The molecule has 2 aromatic heterocycles. The highest BCUT2D eigenvalue weighted by molar-refractivity contribution is 6.04. The van der Waals surface area contributed by atoms with Crippen molar-refractivity contribution >= 4 is 28.8 Å². The van der Waals surface area contributed by atoms with Crippen molar-refractivity contribution < 1.29 is 4.79 Å². The van der Waals surface area contributed by atoms with E-state index in [-0.39, 0.29) is 5.78 Å². The standard InChI is InChI=1S/C27H33N5O/c1-17(2)32-11-10-30(15-19(32)4)23-8-6-21-12-22(7-9-26(33)24(21)13-23)25-16-31-14-18(3)28-20(5)27(31)29-25/h6,8,12-14,16-17,19H,7,9-11,15H2,1-5H3/t19-/m1/s1. The molecular formula is C27H33N5O. The zero-order valence-electron chi connectivity index (χ0n) is 20.3. The van der Waals surface area contributed by atoms with Gasteiger partial charge in [0.2, 0.25) is 0 Å². The van der Waals surface area contributed by atoms with E-state index in [2.05, 4.69) is 66.0 Å². The van der Waals surface area contributed by atoms with Crippen molar-refractivity contribution in [1.29, 1.82) is 0 Å². The van der Waals surface area contributed by atoms with Crippen LogP contribution in [-0.2, 0) is 0 Å². The highest BCUT2D eigenvalue weighted by Crippen LogP contribution is 2.32. The second-order valence-corrected chi connectivity index (χ2v) is 9.82. The molecule has 1 saturated heterocycles. The summed E-state index contributed by atoms with van der Waals surface area (Å²) in [6, 6.07) is 7.44. The lowest BCUT2D eigenvalue weighted by atomic mass is 10.0. The molecular weight excluding hydrogens is 410 g/mol. The Hall–Kier alpha value is -2.99. The molecule has 0 N–H and O–H groups in total. The SMILES string of the molecule is Cc1cn2cc(C3=Cc4ccc(N5CCN(C(C)C)[C@H](C)C5)cc4C(=O)CC3)nc2c(C)n1. The van der Waals surface area contributed by atoms with Crippen LogP contribution in [0.3, 0.4) is 0 Å². The van der Waals surface area contributed by atoms with Crippen LogP contribution in [-0.4, -0.2) is 56.8 Å². The lowest BCUT2D eigenvalue weighted by molar-refractivity contribution is 0.0984. The van der Waals surface area contributed by atoms with Gasteiger partial charge in [0.25, 0.3) is 0 Å². The van der Waals surface area contributed by atoms with Crippen LogP contribution in [0.25, 0.3) is 17.3 Å². The smallest absolute Gasteiger partial charge is 0.163 e. The first-order chi connectivity index (χ1) is 15.8. The molecule has 172 valence electrons. The molecule has 1 atom stereocenters. The average Bonchev–Trinajstić information content (AvgIpc) is 3.12. The van der Waals surface area contributed by atoms with Gasteiger partial charge in [-0.15, -0.1) is 0 Å². The number of piperazine rings is 1. The number of carbonyl (C=O) groups excluding carboxylic acids is 1. The van der Waals surface area contributed by atoms with Crippen LogP contribution in [0.15, 0.2) is 30.6 Å². The van der Waals surface area contributed by atoms with Crippen molar-refractivity contribution in [1.82, 2.24) is 19.3 Å². The van der Waals surface area contributed by atoms with Gasteiger partial charge in [0.15, 0.2) is 11.4 Å². The van der Waals surface area contributed by atoms with E-state index < -0.39 is 0 Å². The molecule has 3 heterocycles. The first-order valence-electron chi connectivity index (χ1n) is 12.0. The van der Waals surface area contributed by atoms with Gasteiger partial charge in [-0.1, -0.05) is 6.07 Å². The minimum Gasteiger partial charge on any atom is -0.369 e. The van der Waals surface area contributed by atoms with E-state index in [1.165, 1.54) is 0 Å². The van der Waals surface area contributed by atoms with Crippen LogP contribution in [0.5, 0.6) is 0 Å². The number of ketones is 1. The third kappa shape index (κ3) is 4.08. The largest absolute Gasteiger partial charge is 0.369 e. The minimum atomic E-state index is 0.212. The second kappa shape index (κ2) is 8.41. The first kappa shape index (κ1) is 21.8. The predicted molar refractivity (Wildman–Crippen MR) is 134 cm³/mol. The lowest BCUT2D eigenvalue weighted by Crippen LogP contribution is -2.54. The van der Waals surface area contributed by atoms with Crippen LogP contribution in [0.2, 0.25) is 0 Å². The number of anilines is 1. The number of allylic oxidation sites excluding steroid dienone is 1. The molecule has 5 rings (SSSR count). The normalized spacial score (nSPS) is 19.7. The van der Waals surface area contributed by atoms with E-state index >= 15 is 0 Å². The zero-order chi connectivity index (χ0) is 23.3. The van der Waals surface area contributed by atoms with Crippen LogP contribution in [0, 0.1) is 13.8 Å². The average molecular weight is 444 g/mol. The van der Waals surface area contributed by atoms with Gasteiger partial charge >= 0.3 is 0 Å². The number of fused-ring (bicyclic) bond motifs is 2. The number of aromatic nitrogens is 3. The van der Waals surface area contributed by atoms with Crippen LogP contribution >= 0.6 is 0 Å². The summed E-state index contributed by atoms with van der Waals surface area (Å²) in [7, 11) is 0. The maximum Gasteiger partial charge on any atom is 0.163 e. The van der Waals surface area contributed by atoms with Crippen molar-refractivity contribution in [2.75, 3.05) is 24.5 Å². The van der Waals surface area contributed by atoms with Crippen LogP contribution < -0.4 is 4.90 Å². The molecule has 0 bridgehead atoms. The Morgan fingerprint density at radius 3 is 2.64 bits per heavy atom. The summed E-state index contributed by atoms with van der Waals surface area (Å²) in [6.45, 7) is 13.8. The van der Waals surface area contributed by atoms with Crippen molar-refractivity contribution in [2.24, 2.45) is 0 Å². The summed E-state index contributed by atoms with van der Waals surface area (Å²) in [4.78, 5) is 27.5. The van der Waals surface area contributed by atoms with Crippen molar-refractivity contribution in [3.63, 3.8) is 0 Å². The Labute approximate surface area is 196 Å². The van der Waals surface area contributed by atoms with E-state index in [1.807, 2.05) is 24.4 Å². The predicted octanol–water partition coefficient (Wildman–Crippen LogP) is 4.78. The van der Waals surface area contributed by atoms with E-state index in [0.717, 1.165) is 64.8 Å². The van der Waals surface area contributed by atoms with Crippen LogP contribution in [0.4, 0.5) is 5.69 Å². The number of imidazole rings is 1. The van der Waals surface area contributed by atoms with E-state index in [0.29, 0.717) is 24.9 Å². The number of Topliss-reactive ketones (excluding diaryl/α,β-unsaturated/α-hetero) is 1. The first-order valence-corrected chi connectivity index (χ1v) is 12.0. The second-order valence-electron chi connectivity index (χ2n) is 9.82. The number of nitrogens with zero attached hydrogens (tertiary/aromatic N) is 5. The molecule has 0 saturated carbocycles. The van der Waals surface area contributed by atoms with E-state index in [9.17, 15) is 4.79 Å². The molecule has 1 fully saturated rings. The molecule has 0 radical (unpaired) electrons. The maximum absolute atomic E-state index is 13.1. The molecule has 6 nitrogen and oxygen atoms in total. The Morgan fingerprint density at radius 2 is 1.88 bits per heavy atom. The Balaban J connectivity index is 1.46. The molecule has 0 unspecified atom stereocenters. The quantitative estimate of drug-likeness (QED) is 0.583. The Morgan fingerprint density at radius 1 is 1.06 bits per heavy atom. The fourth-order valence-corrected chi connectivity index (χ4v) is 5.39. The maximum atomic E-state index is 13.1. The Bertz CT molecular complexity index is 1250. The number of benzene rings is 1. The number of rotatable bonds is 3. The fourth-order valence-electron chi connectivity index (χ4n) is 5.39. The van der Waals surface area contributed by atoms with Gasteiger partial charge in [-0.25, -0.2) is 4.98 Å². The summed E-state index contributed by atoms with van der Waals surface area (Å²) < 4.78 is 2.04. The van der Waals surface area contributed by atoms with Gasteiger partial charge in [-0.05, 0) is 70.4 Å². The Kier molecular flexibility index (Phi) is 5.57. The van der Waals surface area contributed by atoms with Crippen molar-refractivity contribution in [2.45, 2.75) is 59.5 Å². The summed E-state index contributed by atoms with van der Waals surface area (Å²) in [5.74, 6) is 0.212. The summed E-state index contributed by atoms with van der Waals surface area (Å²) in [6.07, 6.45) is 7.41. The molecule has 1 aliphatic heterocycles. The van der Waals surface area contributed by atoms with Crippen LogP contribution in [0.1, 0.15) is 66.6 Å². The van der Waals surface area contributed by atoms with Gasteiger partial charge in [0.05, 0.1) is 17.1 Å². The van der Waals surface area contributed by atoms with Gasteiger partial charge in [-0.2, -0.15) is 0 Å². The molecule has 6 heteroatoms. The fraction of sp³-hybridized carbons (Fsp3) is 0.444. The van der Waals surface area contributed by atoms with Crippen molar-refractivity contribution in [3.05, 3.63) is 58.8 Å². The van der Waals surface area contributed by atoms with E-state index in [4.69, 9.17) is 4.98 Å². The third-order valence-corrected chi connectivity index (χ3v) is 7.05. The number of hydrogen-bond donors (Lipinski definition) is 0. The third-order valence-electron chi connectivity index (χ3n) is 7.05. The van der Waals surface area contributed by atoms with Gasteiger partial charge in [-0.3, -0.25) is 14.7 Å². The van der Waals surface area contributed by atoms with E-state index in [1.54, 1.807) is 0 Å². The summed E-state index contributed by atoms with van der Waals surface area (Å²) in [5, 5.41) is 0. The van der Waals surface area contributed by atoms with Gasteiger partial charge in [0, 0.05) is 61.8 Å². The molecule has 33 heavy (non-hydrogen) atoms. The lowest BCUT2D eigenvalue weighted by Gasteiger charge is -2.43. The highest BCUT2D eigenvalue weighted by Gasteiger charge is 2.27. The monoisotopic (exact) mass is 443 g/mol. The van der Waals surface area contributed by atoms with Gasteiger partial charge < -0.3 is 9.30 Å². The minimum absolute atomic E-state index is 0.212. The molecule has 3 aromatic rings.